The number of carbonyl (C=O) groups is 1. The highest BCUT2D eigenvalue weighted by molar-refractivity contribution is 5.76. The van der Waals surface area contributed by atoms with Crippen LogP contribution in [0.1, 0.15) is 25.7 Å². The smallest absolute Gasteiger partial charge is 0.221 e. The van der Waals surface area contributed by atoms with Gasteiger partial charge in [0.2, 0.25) is 5.91 Å². The van der Waals surface area contributed by atoms with E-state index in [1.54, 1.807) is 0 Å². The maximum Gasteiger partial charge on any atom is 0.221 e. The quantitative estimate of drug-likeness (QED) is 0.549. The first-order chi connectivity index (χ1) is 6.16. The van der Waals surface area contributed by atoms with E-state index in [9.17, 15) is 9.90 Å². The lowest BCUT2D eigenvalue weighted by Crippen LogP contribution is -2.48. The van der Waals surface area contributed by atoms with Crippen molar-refractivity contribution in [2.24, 2.45) is 0 Å². The van der Waals surface area contributed by atoms with E-state index in [1.807, 2.05) is 7.05 Å². The molecule has 1 saturated carbocycles. The Balaban J connectivity index is 2.07. The fourth-order valence-corrected chi connectivity index (χ4v) is 1.35. The summed E-state index contributed by atoms with van der Waals surface area (Å²) in [5.41, 5.74) is -0.602. The van der Waals surface area contributed by atoms with Gasteiger partial charge in [-0.3, -0.25) is 4.79 Å². The van der Waals surface area contributed by atoms with Crippen LogP contribution in [-0.4, -0.2) is 36.8 Å². The Morgan fingerprint density at radius 1 is 1.54 bits per heavy atom. The number of hydrogen-bond donors (Lipinski definition) is 3. The first kappa shape index (κ1) is 10.5. The highest BCUT2D eigenvalue weighted by Gasteiger charge is 2.34. The summed E-state index contributed by atoms with van der Waals surface area (Å²) < 4.78 is 0. The summed E-state index contributed by atoms with van der Waals surface area (Å²) in [6.07, 6.45) is 3.19. The monoisotopic (exact) mass is 186 g/mol. The van der Waals surface area contributed by atoms with Crippen LogP contribution in [0.5, 0.6) is 0 Å². The van der Waals surface area contributed by atoms with E-state index in [0.29, 0.717) is 19.5 Å². The Bertz CT molecular complexity index is 178. The summed E-state index contributed by atoms with van der Waals surface area (Å²) in [6.45, 7) is 1.10. The van der Waals surface area contributed by atoms with Crippen molar-refractivity contribution in [2.75, 3.05) is 20.1 Å². The van der Waals surface area contributed by atoms with Gasteiger partial charge in [0.25, 0.3) is 0 Å². The van der Waals surface area contributed by atoms with Gasteiger partial charge in [-0.25, -0.2) is 0 Å². The Morgan fingerprint density at radius 2 is 2.23 bits per heavy atom. The average molecular weight is 186 g/mol. The summed E-state index contributed by atoms with van der Waals surface area (Å²) in [4.78, 5) is 11.1. The average Bonchev–Trinajstić information content (AvgIpc) is 2.08. The molecular formula is C9H18N2O2. The standard InChI is InChI=1S/C9H18N2O2/c1-10-6-3-8(12)11-7-9(13)4-2-5-9/h10,13H,2-7H2,1H3,(H,11,12). The number of hydrogen-bond acceptors (Lipinski definition) is 3. The zero-order chi connectivity index (χ0) is 9.73. The van der Waals surface area contributed by atoms with Crippen LogP contribution in [0.25, 0.3) is 0 Å². The zero-order valence-electron chi connectivity index (χ0n) is 8.10. The van der Waals surface area contributed by atoms with Crippen LogP contribution < -0.4 is 10.6 Å². The first-order valence-electron chi connectivity index (χ1n) is 4.80. The maximum atomic E-state index is 11.1. The van der Waals surface area contributed by atoms with Gasteiger partial charge in [-0.15, -0.1) is 0 Å². The van der Waals surface area contributed by atoms with Crippen molar-refractivity contribution in [3.05, 3.63) is 0 Å². The van der Waals surface area contributed by atoms with Gasteiger partial charge in [-0.2, -0.15) is 0 Å². The largest absolute Gasteiger partial charge is 0.388 e. The fraction of sp³-hybridized carbons (Fsp3) is 0.889. The highest BCUT2D eigenvalue weighted by Crippen LogP contribution is 2.30. The van der Waals surface area contributed by atoms with E-state index < -0.39 is 5.60 Å². The molecule has 0 unspecified atom stereocenters. The van der Waals surface area contributed by atoms with Gasteiger partial charge in [-0.05, 0) is 26.3 Å². The molecule has 1 aliphatic rings. The molecular weight excluding hydrogens is 168 g/mol. The molecule has 13 heavy (non-hydrogen) atoms. The van der Waals surface area contributed by atoms with Gasteiger partial charge in [0.15, 0.2) is 0 Å². The topological polar surface area (TPSA) is 61.4 Å². The summed E-state index contributed by atoms with van der Waals surface area (Å²) in [5, 5.41) is 15.3. The van der Waals surface area contributed by atoms with Crippen molar-refractivity contribution >= 4 is 5.91 Å². The predicted octanol–water partition coefficient (Wildman–Crippen LogP) is -0.373. The third kappa shape index (κ3) is 3.32. The Labute approximate surface area is 78.7 Å². The van der Waals surface area contributed by atoms with Crippen molar-refractivity contribution < 1.29 is 9.90 Å². The van der Waals surface area contributed by atoms with Crippen LogP contribution >= 0.6 is 0 Å². The molecule has 0 aromatic heterocycles. The normalized spacial score (nSPS) is 19.2. The third-order valence-electron chi connectivity index (χ3n) is 2.50. The maximum absolute atomic E-state index is 11.1. The number of amides is 1. The van der Waals surface area contributed by atoms with Crippen molar-refractivity contribution in [3.8, 4) is 0 Å². The lowest BCUT2D eigenvalue weighted by atomic mass is 9.80. The third-order valence-corrected chi connectivity index (χ3v) is 2.50. The van der Waals surface area contributed by atoms with Gasteiger partial charge >= 0.3 is 0 Å². The molecule has 1 fully saturated rings. The molecule has 4 heteroatoms. The van der Waals surface area contributed by atoms with Crippen LogP contribution in [0.3, 0.4) is 0 Å². The number of rotatable bonds is 5. The molecule has 0 aliphatic heterocycles. The van der Waals surface area contributed by atoms with E-state index in [1.165, 1.54) is 0 Å². The van der Waals surface area contributed by atoms with Crippen molar-refractivity contribution in [2.45, 2.75) is 31.3 Å². The Hall–Kier alpha value is -0.610. The molecule has 0 aromatic carbocycles. The molecule has 0 spiro atoms. The Morgan fingerprint density at radius 3 is 2.69 bits per heavy atom. The van der Waals surface area contributed by atoms with Gasteiger partial charge in [0.1, 0.15) is 0 Å². The summed E-state index contributed by atoms with van der Waals surface area (Å²) in [7, 11) is 1.81. The number of aliphatic hydroxyl groups is 1. The predicted molar refractivity (Wildman–Crippen MR) is 50.4 cm³/mol. The SMILES string of the molecule is CNCCC(=O)NCC1(O)CCC1. The summed E-state index contributed by atoms with van der Waals surface area (Å²) in [5.74, 6) is 0.00896. The van der Waals surface area contributed by atoms with Crippen LogP contribution in [0, 0.1) is 0 Å². The second-order valence-electron chi connectivity index (χ2n) is 3.71. The molecule has 1 aliphatic carbocycles. The molecule has 3 N–H and O–H groups in total. The lowest BCUT2D eigenvalue weighted by Gasteiger charge is -2.36. The fourth-order valence-electron chi connectivity index (χ4n) is 1.35. The van der Waals surface area contributed by atoms with Gasteiger partial charge in [-0.1, -0.05) is 0 Å². The molecule has 0 heterocycles. The van der Waals surface area contributed by atoms with E-state index in [2.05, 4.69) is 10.6 Å². The molecule has 1 rings (SSSR count). The van der Waals surface area contributed by atoms with Crippen molar-refractivity contribution in [3.63, 3.8) is 0 Å². The van der Waals surface area contributed by atoms with Crippen LogP contribution in [-0.2, 0) is 4.79 Å². The lowest BCUT2D eigenvalue weighted by molar-refractivity contribution is -0.123. The van der Waals surface area contributed by atoms with E-state index in [-0.39, 0.29) is 5.91 Å². The van der Waals surface area contributed by atoms with E-state index in [0.717, 1.165) is 19.3 Å². The molecule has 1 amide bonds. The van der Waals surface area contributed by atoms with Gasteiger partial charge < -0.3 is 15.7 Å². The van der Waals surface area contributed by atoms with Gasteiger partial charge in [0.05, 0.1) is 5.60 Å². The van der Waals surface area contributed by atoms with Crippen LogP contribution in [0.2, 0.25) is 0 Å². The van der Waals surface area contributed by atoms with Crippen molar-refractivity contribution in [1.82, 2.24) is 10.6 Å². The molecule has 76 valence electrons. The minimum atomic E-state index is -0.602. The molecule has 0 atom stereocenters. The second-order valence-corrected chi connectivity index (χ2v) is 3.71. The molecule has 0 aromatic rings. The van der Waals surface area contributed by atoms with Crippen LogP contribution in [0.15, 0.2) is 0 Å². The van der Waals surface area contributed by atoms with Crippen molar-refractivity contribution in [1.29, 1.82) is 0 Å². The molecule has 0 radical (unpaired) electrons. The highest BCUT2D eigenvalue weighted by atomic mass is 16.3. The Kier molecular flexibility index (Phi) is 3.69. The minimum absolute atomic E-state index is 0.00896. The molecule has 4 nitrogen and oxygen atoms in total. The van der Waals surface area contributed by atoms with E-state index >= 15 is 0 Å². The van der Waals surface area contributed by atoms with Gasteiger partial charge in [0, 0.05) is 19.5 Å². The minimum Gasteiger partial charge on any atom is -0.388 e. The number of nitrogens with one attached hydrogen (secondary N) is 2. The number of carbonyl (C=O) groups excluding carboxylic acids is 1. The first-order valence-corrected chi connectivity index (χ1v) is 4.80. The zero-order valence-corrected chi connectivity index (χ0v) is 8.10. The summed E-state index contributed by atoms with van der Waals surface area (Å²) in [6, 6.07) is 0. The molecule has 0 saturated heterocycles. The summed E-state index contributed by atoms with van der Waals surface area (Å²) >= 11 is 0. The second kappa shape index (κ2) is 4.58. The van der Waals surface area contributed by atoms with Crippen LogP contribution in [0.4, 0.5) is 0 Å². The van der Waals surface area contributed by atoms with E-state index in [4.69, 9.17) is 0 Å². The molecule has 0 bridgehead atoms.